The SMILES string of the molecule is C=C(C1=C(C)C(CC=C(C)C)=C(N)[C@H](CC=C(C)C)C1=C)C(C)C.CS. The molecule has 0 amide bonds. The van der Waals surface area contributed by atoms with Crippen LogP contribution in [0.15, 0.2) is 70.0 Å². The van der Waals surface area contributed by atoms with Crippen molar-refractivity contribution in [2.45, 2.75) is 61.3 Å². The van der Waals surface area contributed by atoms with Crippen molar-refractivity contribution in [3.63, 3.8) is 0 Å². The molecule has 1 aliphatic rings. The van der Waals surface area contributed by atoms with Gasteiger partial charge >= 0.3 is 0 Å². The maximum absolute atomic E-state index is 6.61. The molecular formula is C24H39NS. The Kier molecular flexibility index (Phi) is 10.7. The first-order chi connectivity index (χ1) is 12.1. The molecule has 0 saturated carbocycles. The average Bonchev–Trinajstić information content (AvgIpc) is 2.55. The largest absolute Gasteiger partial charge is 0.401 e. The zero-order chi connectivity index (χ0) is 20.6. The summed E-state index contributed by atoms with van der Waals surface area (Å²) in [5, 5.41) is 0. The smallest absolute Gasteiger partial charge is 0.0273 e. The van der Waals surface area contributed by atoms with E-state index in [4.69, 9.17) is 5.73 Å². The lowest BCUT2D eigenvalue weighted by Gasteiger charge is -2.33. The zero-order valence-electron chi connectivity index (χ0n) is 18.2. The molecule has 26 heavy (non-hydrogen) atoms. The van der Waals surface area contributed by atoms with Crippen LogP contribution in [0.5, 0.6) is 0 Å². The predicted molar refractivity (Wildman–Crippen MR) is 124 cm³/mol. The van der Waals surface area contributed by atoms with Gasteiger partial charge in [0.2, 0.25) is 0 Å². The van der Waals surface area contributed by atoms with E-state index in [0.717, 1.165) is 24.1 Å². The minimum atomic E-state index is 0.176. The normalized spacial score (nSPS) is 17.0. The summed E-state index contributed by atoms with van der Waals surface area (Å²) in [7, 11) is 0. The molecule has 0 fully saturated rings. The number of nitrogens with two attached hydrogens (primary N) is 1. The predicted octanol–water partition coefficient (Wildman–Crippen LogP) is 7.17. The maximum Gasteiger partial charge on any atom is 0.0273 e. The molecule has 0 unspecified atom stereocenters. The highest BCUT2D eigenvalue weighted by Crippen LogP contribution is 2.43. The van der Waals surface area contributed by atoms with Crippen LogP contribution < -0.4 is 5.73 Å². The lowest BCUT2D eigenvalue weighted by atomic mass is 9.73. The van der Waals surface area contributed by atoms with Crippen LogP contribution in [0.4, 0.5) is 0 Å². The molecular weight excluding hydrogens is 334 g/mol. The van der Waals surface area contributed by atoms with Crippen LogP contribution in [0.3, 0.4) is 0 Å². The number of thiol groups is 1. The highest BCUT2D eigenvalue weighted by atomic mass is 32.1. The fourth-order valence-electron chi connectivity index (χ4n) is 3.12. The van der Waals surface area contributed by atoms with Crippen LogP contribution in [0, 0.1) is 11.8 Å². The Hall–Kier alpha value is -1.41. The molecule has 0 saturated heterocycles. The minimum absolute atomic E-state index is 0.176. The molecule has 1 aliphatic carbocycles. The summed E-state index contributed by atoms with van der Waals surface area (Å²) >= 11 is 3.53. The Morgan fingerprint density at radius 3 is 2.04 bits per heavy atom. The van der Waals surface area contributed by atoms with Crippen LogP contribution in [0.1, 0.15) is 61.3 Å². The van der Waals surface area contributed by atoms with Gasteiger partial charge in [0, 0.05) is 11.6 Å². The quantitative estimate of drug-likeness (QED) is 0.374. The molecule has 2 N–H and O–H groups in total. The second kappa shape index (κ2) is 11.3. The number of hydrogen-bond donors (Lipinski definition) is 2. The molecule has 0 spiro atoms. The Morgan fingerprint density at radius 1 is 1.12 bits per heavy atom. The molecule has 0 aromatic heterocycles. The Bertz CT molecular complexity index is 646. The van der Waals surface area contributed by atoms with Crippen molar-refractivity contribution < 1.29 is 0 Å². The van der Waals surface area contributed by atoms with E-state index in [2.05, 4.69) is 86.4 Å². The Labute approximate surface area is 167 Å². The van der Waals surface area contributed by atoms with Gasteiger partial charge in [-0.15, -0.1) is 0 Å². The highest BCUT2D eigenvalue weighted by molar-refractivity contribution is 7.79. The van der Waals surface area contributed by atoms with E-state index < -0.39 is 0 Å². The lowest BCUT2D eigenvalue weighted by molar-refractivity contribution is 0.681. The molecule has 1 rings (SSSR count). The summed E-state index contributed by atoms with van der Waals surface area (Å²) in [5.41, 5.74) is 16.3. The van der Waals surface area contributed by atoms with Crippen molar-refractivity contribution >= 4 is 12.6 Å². The fourth-order valence-corrected chi connectivity index (χ4v) is 3.12. The summed E-state index contributed by atoms with van der Waals surface area (Å²) in [6.45, 7) is 23.8. The second-order valence-electron chi connectivity index (χ2n) is 7.69. The summed E-state index contributed by atoms with van der Waals surface area (Å²) in [4.78, 5) is 0. The molecule has 146 valence electrons. The summed E-state index contributed by atoms with van der Waals surface area (Å²) in [6, 6.07) is 0. The summed E-state index contributed by atoms with van der Waals surface area (Å²) in [5.74, 6) is 0.578. The minimum Gasteiger partial charge on any atom is -0.401 e. The van der Waals surface area contributed by atoms with Gasteiger partial charge in [0.05, 0.1) is 0 Å². The number of allylic oxidation sites excluding steroid dienone is 9. The lowest BCUT2D eigenvalue weighted by Crippen LogP contribution is -2.24. The molecule has 2 heteroatoms. The third-order valence-electron chi connectivity index (χ3n) is 4.79. The molecule has 0 radical (unpaired) electrons. The molecule has 1 nitrogen and oxygen atoms in total. The van der Waals surface area contributed by atoms with Gasteiger partial charge in [0.15, 0.2) is 0 Å². The fraction of sp³-hybridized carbons (Fsp3) is 0.500. The number of hydrogen-bond acceptors (Lipinski definition) is 2. The molecule has 0 bridgehead atoms. The van der Waals surface area contributed by atoms with Crippen LogP contribution in [-0.2, 0) is 0 Å². The third-order valence-corrected chi connectivity index (χ3v) is 4.79. The van der Waals surface area contributed by atoms with Crippen molar-refractivity contribution in [2.24, 2.45) is 17.6 Å². The maximum atomic E-state index is 6.61. The van der Waals surface area contributed by atoms with Gasteiger partial charge in [-0.25, -0.2) is 0 Å². The van der Waals surface area contributed by atoms with Crippen LogP contribution in [0.25, 0.3) is 0 Å². The Balaban J connectivity index is 0.00000301. The van der Waals surface area contributed by atoms with E-state index in [1.165, 1.54) is 33.4 Å². The second-order valence-corrected chi connectivity index (χ2v) is 7.69. The van der Waals surface area contributed by atoms with Gasteiger partial charge in [-0.05, 0) is 87.5 Å². The Morgan fingerprint density at radius 2 is 1.62 bits per heavy atom. The average molecular weight is 374 g/mol. The van der Waals surface area contributed by atoms with E-state index in [1.807, 2.05) is 0 Å². The standard InChI is InChI=1S/C23H35N.CH4S/c1-14(2)10-12-20-18(8)22(17(7)16(5)6)19(9)21(23(20)24)13-11-15(3)4;1-2/h10-11,16,20H,7-8,12-13,24H2,1-6,9H3;2H,1H3/t20-;/m1./s1. The topological polar surface area (TPSA) is 26.0 Å². The van der Waals surface area contributed by atoms with Gasteiger partial charge < -0.3 is 5.73 Å². The first-order valence-electron chi connectivity index (χ1n) is 9.37. The van der Waals surface area contributed by atoms with Crippen molar-refractivity contribution in [1.29, 1.82) is 0 Å². The van der Waals surface area contributed by atoms with Gasteiger partial charge in [-0.2, -0.15) is 12.6 Å². The molecule has 0 heterocycles. The van der Waals surface area contributed by atoms with Gasteiger partial charge in [0.1, 0.15) is 0 Å². The zero-order valence-corrected chi connectivity index (χ0v) is 19.1. The van der Waals surface area contributed by atoms with Crippen molar-refractivity contribution in [2.75, 3.05) is 6.26 Å². The third kappa shape index (κ3) is 6.39. The van der Waals surface area contributed by atoms with E-state index in [0.29, 0.717) is 5.92 Å². The first-order valence-corrected chi connectivity index (χ1v) is 10.3. The van der Waals surface area contributed by atoms with E-state index in [-0.39, 0.29) is 5.92 Å². The van der Waals surface area contributed by atoms with Crippen LogP contribution >= 0.6 is 12.6 Å². The van der Waals surface area contributed by atoms with Gasteiger partial charge in [0.25, 0.3) is 0 Å². The number of rotatable bonds is 6. The van der Waals surface area contributed by atoms with E-state index >= 15 is 0 Å². The van der Waals surface area contributed by atoms with Crippen molar-refractivity contribution in [3.8, 4) is 0 Å². The highest BCUT2D eigenvalue weighted by Gasteiger charge is 2.29. The summed E-state index contributed by atoms with van der Waals surface area (Å²) < 4.78 is 0. The van der Waals surface area contributed by atoms with E-state index in [9.17, 15) is 0 Å². The monoisotopic (exact) mass is 373 g/mol. The van der Waals surface area contributed by atoms with Crippen molar-refractivity contribution in [1.82, 2.24) is 0 Å². The van der Waals surface area contributed by atoms with Crippen molar-refractivity contribution in [3.05, 3.63) is 70.0 Å². The van der Waals surface area contributed by atoms with Crippen LogP contribution in [-0.4, -0.2) is 6.26 Å². The van der Waals surface area contributed by atoms with Gasteiger partial charge in [-0.3, -0.25) is 0 Å². The molecule has 0 aliphatic heterocycles. The van der Waals surface area contributed by atoms with Gasteiger partial charge in [-0.1, -0.05) is 50.3 Å². The molecule has 0 aromatic carbocycles. The summed E-state index contributed by atoms with van der Waals surface area (Å²) in [6.07, 6.45) is 8.01. The van der Waals surface area contributed by atoms with E-state index in [1.54, 1.807) is 6.26 Å². The first kappa shape index (κ1) is 24.6. The molecule has 1 atom stereocenters. The molecule has 0 aromatic rings. The van der Waals surface area contributed by atoms with Crippen LogP contribution in [0.2, 0.25) is 0 Å².